The van der Waals surface area contributed by atoms with E-state index in [-0.39, 0.29) is 30.9 Å². The molecule has 2 amide bonds. The number of carbonyl (C=O) groups excluding carboxylic acids is 3. The molecule has 0 aliphatic carbocycles. The summed E-state index contributed by atoms with van der Waals surface area (Å²) in [5, 5.41) is 22.6. The molecular formula is C50H82N2O7. The maximum atomic E-state index is 12.8. The second kappa shape index (κ2) is 43.6. The molecule has 0 aromatic rings. The predicted molar refractivity (Wildman–Crippen MR) is 245 cm³/mol. The third-order valence-corrected chi connectivity index (χ3v) is 9.61. The van der Waals surface area contributed by atoms with Gasteiger partial charge in [-0.3, -0.25) is 14.4 Å². The molecule has 0 saturated heterocycles. The Labute approximate surface area is 358 Å². The number of carbonyl (C=O) groups is 4. The van der Waals surface area contributed by atoms with Gasteiger partial charge in [0.25, 0.3) is 0 Å². The van der Waals surface area contributed by atoms with Crippen LogP contribution in [0.1, 0.15) is 181 Å². The lowest BCUT2D eigenvalue weighted by Gasteiger charge is -2.15. The van der Waals surface area contributed by atoms with Crippen LogP contribution in [-0.4, -0.2) is 59.3 Å². The van der Waals surface area contributed by atoms with Crippen molar-refractivity contribution in [2.24, 2.45) is 0 Å². The van der Waals surface area contributed by atoms with Gasteiger partial charge in [-0.15, -0.1) is 0 Å². The van der Waals surface area contributed by atoms with Crippen LogP contribution in [-0.2, 0) is 23.9 Å². The summed E-state index contributed by atoms with van der Waals surface area (Å²) in [7, 11) is 0. The van der Waals surface area contributed by atoms with Gasteiger partial charge in [-0.25, -0.2) is 4.79 Å². The van der Waals surface area contributed by atoms with Crippen molar-refractivity contribution in [3.63, 3.8) is 0 Å². The number of allylic oxidation sites excluding steroid dienone is 13. The number of carboxylic acids is 1. The zero-order chi connectivity index (χ0) is 43.3. The molecule has 0 fully saturated rings. The molecule has 0 bridgehead atoms. The van der Waals surface area contributed by atoms with Crippen molar-refractivity contribution in [3.05, 3.63) is 85.1 Å². The summed E-state index contributed by atoms with van der Waals surface area (Å²) in [5.74, 6) is -2.43. The Morgan fingerprint density at radius 3 is 1.56 bits per heavy atom. The highest BCUT2D eigenvalue weighted by atomic mass is 16.5. The van der Waals surface area contributed by atoms with Crippen molar-refractivity contribution >= 4 is 23.8 Å². The number of hydrogen-bond donors (Lipinski definition) is 4. The molecule has 334 valence electrons. The molecule has 0 aromatic carbocycles. The topological polar surface area (TPSA) is 142 Å². The first-order valence-corrected chi connectivity index (χ1v) is 23.0. The number of carboxylic acid groups (broad SMARTS) is 1. The molecule has 4 N–H and O–H groups in total. The van der Waals surface area contributed by atoms with Crippen LogP contribution in [0.25, 0.3) is 0 Å². The number of aliphatic hydroxyl groups excluding tert-OH is 1. The van der Waals surface area contributed by atoms with Crippen LogP contribution in [0.5, 0.6) is 0 Å². The number of amides is 2. The molecule has 0 aliphatic heterocycles. The van der Waals surface area contributed by atoms with Crippen molar-refractivity contribution in [1.29, 1.82) is 0 Å². The minimum atomic E-state index is -1.40. The maximum Gasteiger partial charge on any atom is 0.328 e. The van der Waals surface area contributed by atoms with Crippen LogP contribution in [0.2, 0.25) is 0 Å². The molecule has 0 heterocycles. The molecule has 2 unspecified atom stereocenters. The molecule has 0 radical (unpaired) electrons. The van der Waals surface area contributed by atoms with Gasteiger partial charge in [0.2, 0.25) is 11.8 Å². The average molecular weight is 823 g/mol. The summed E-state index contributed by atoms with van der Waals surface area (Å²) < 4.78 is 5.91. The van der Waals surface area contributed by atoms with Crippen LogP contribution in [0.3, 0.4) is 0 Å². The summed E-state index contributed by atoms with van der Waals surface area (Å²) >= 11 is 0. The van der Waals surface area contributed by atoms with E-state index in [4.69, 9.17) is 14.9 Å². The van der Waals surface area contributed by atoms with Crippen LogP contribution < -0.4 is 10.6 Å². The average Bonchev–Trinajstić information content (AvgIpc) is 3.22. The largest absolute Gasteiger partial charge is 0.480 e. The number of nitrogens with one attached hydrogen (secondary N) is 2. The van der Waals surface area contributed by atoms with E-state index in [9.17, 15) is 19.2 Å². The van der Waals surface area contributed by atoms with Gasteiger partial charge in [0, 0.05) is 12.8 Å². The first kappa shape index (κ1) is 55.0. The molecule has 0 rings (SSSR count). The number of rotatable bonds is 40. The van der Waals surface area contributed by atoms with E-state index in [2.05, 4.69) is 110 Å². The number of hydrogen-bond acceptors (Lipinski definition) is 6. The summed E-state index contributed by atoms with van der Waals surface area (Å²) in [6.45, 7) is 3.32. The Morgan fingerprint density at radius 2 is 1.02 bits per heavy atom. The highest BCUT2D eigenvalue weighted by Gasteiger charge is 2.18. The third-order valence-electron chi connectivity index (χ3n) is 9.61. The lowest BCUT2D eigenvalue weighted by atomic mass is 10.1. The zero-order valence-electron chi connectivity index (χ0n) is 37.0. The SMILES string of the molecule is CC/C=C\C/C=C\C/C=C\C/C=C\C/C=C\C/C=C\CCCCCCC(=O)OC(/C=C\CCCCCCCCC)CCCCCCC(=O)NCC(=O)NC(CO)C(=O)O. The summed E-state index contributed by atoms with van der Waals surface area (Å²) in [6.07, 6.45) is 56.3. The van der Waals surface area contributed by atoms with Crippen molar-refractivity contribution in [2.45, 2.75) is 193 Å². The highest BCUT2D eigenvalue weighted by Crippen LogP contribution is 2.15. The second-order valence-corrected chi connectivity index (χ2v) is 15.1. The zero-order valence-corrected chi connectivity index (χ0v) is 37.0. The lowest BCUT2D eigenvalue weighted by Crippen LogP contribution is -2.47. The van der Waals surface area contributed by atoms with Gasteiger partial charge in [0.05, 0.1) is 13.2 Å². The van der Waals surface area contributed by atoms with Crippen LogP contribution >= 0.6 is 0 Å². The Morgan fingerprint density at radius 1 is 0.542 bits per heavy atom. The van der Waals surface area contributed by atoms with E-state index >= 15 is 0 Å². The molecule has 9 heteroatoms. The monoisotopic (exact) mass is 823 g/mol. The second-order valence-electron chi connectivity index (χ2n) is 15.1. The molecule has 0 aliphatic rings. The molecule has 9 nitrogen and oxygen atoms in total. The first-order valence-electron chi connectivity index (χ1n) is 23.0. The maximum absolute atomic E-state index is 12.8. The Kier molecular flexibility index (Phi) is 40.7. The van der Waals surface area contributed by atoms with Crippen molar-refractivity contribution in [2.75, 3.05) is 13.2 Å². The highest BCUT2D eigenvalue weighted by molar-refractivity contribution is 5.87. The number of esters is 1. The molecular weight excluding hydrogens is 741 g/mol. The van der Waals surface area contributed by atoms with Gasteiger partial charge in [-0.1, -0.05) is 157 Å². The molecule has 59 heavy (non-hydrogen) atoms. The van der Waals surface area contributed by atoms with E-state index in [1.165, 1.54) is 38.5 Å². The Balaban J connectivity index is 4.31. The molecule has 0 saturated carbocycles. The quantitative estimate of drug-likeness (QED) is 0.0274. The van der Waals surface area contributed by atoms with Gasteiger partial charge in [-0.05, 0) is 96.0 Å². The molecule has 0 aromatic heterocycles. The third kappa shape index (κ3) is 40.6. The standard InChI is InChI=1S/C50H82N2O7/c1-3-5-7-9-11-13-14-15-16-17-18-19-20-21-22-23-24-25-26-28-30-32-38-42-49(56)59-45(39-35-31-29-27-12-10-8-6-4-2)40-36-33-34-37-41-47(54)51-43-48(55)52-46(44-53)50(57)58/h5,7,11,13,15-16,18-19,21-22,24-25,35,39,45-46,53H,3-4,6,8-10,12,14,17,20,23,26-34,36-38,40-44H2,1-2H3,(H,51,54)(H,52,55)(H,57,58)/b7-5-,13-11-,16-15-,19-18-,22-21-,25-24-,39-35-. The first-order chi connectivity index (χ1) is 28.8. The van der Waals surface area contributed by atoms with E-state index in [0.717, 1.165) is 109 Å². The lowest BCUT2D eigenvalue weighted by molar-refractivity contribution is -0.147. The van der Waals surface area contributed by atoms with E-state index in [1.807, 2.05) is 0 Å². The van der Waals surface area contributed by atoms with Crippen LogP contribution in [0, 0.1) is 0 Å². The number of aliphatic carboxylic acids is 1. The van der Waals surface area contributed by atoms with Gasteiger partial charge in [0.15, 0.2) is 0 Å². The van der Waals surface area contributed by atoms with Gasteiger partial charge in [-0.2, -0.15) is 0 Å². The van der Waals surface area contributed by atoms with Gasteiger partial charge >= 0.3 is 11.9 Å². The normalized spacial score (nSPS) is 13.3. The Bertz CT molecular complexity index is 1260. The number of ether oxygens (including phenoxy) is 1. The van der Waals surface area contributed by atoms with Crippen molar-refractivity contribution < 1.29 is 34.1 Å². The smallest absolute Gasteiger partial charge is 0.328 e. The fourth-order valence-corrected chi connectivity index (χ4v) is 6.10. The van der Waals surface area contributed by atoms with E-state index < -0.39 is 24.5 Å². The minimum absolute atomic E-state index is 0.137. The predicted octanol–water partition coefficient (Wildman–Crippen LogP) is 11.7. The van der Waals surface area contributed by atoms with Gasteiger partial charge in [0.1, 0.15) is 12.1 Å². The molecule has 2 atom stereocenters. The molecule has 0 spiro atoms. The van der Waals surface area contributed by atoms with Gasteiger partial charge < -0.3 is 25.6 Å². The van der Waals surface area contributed by atoms with Crippen LogP contribution in [0.4, 0.5) is 0 Å². The fourth-order valence-electron chi connectivity index (χ4n) is 6.10. The van der Waals surface area contributed by atoms with E-state index in [0.29, 0.717) is 12.8 Å². The van der Waals surface area contributed by atoms with Crippen molar-refractivity contribution in [1.82, 2.24) is 10.6 Å². The van der Waals surface area contributed by atoms with E-state index in [1.54, 1.807) is 0 Å². The summed E-state index contributed by atoms with van der Waals surface area (Å²) in [4.78, 5) is 47.6. The number of aliphatic hydroxyl groups is 1. The number of unbranched alkanes of at least 4 members (excludes halogenated alkanes) is 14. The fraction of sp³-hybridized carbons (Fsp3) is 0.640. The van der Waals surface area contributed by atoms with Crippen molar-refractivity contribution in [3.8, 4) is 0 Å². The summed E-state index contributed by atoms with van der Waals surface area (Å²) in [6, 6.07) is -1.40. The minimum Gasteiger partial charge on any atom is -0.480 e. The summed E-state index contributed by atoms with van der Waals surface area (Å²) in [5.41, 5.74) is 0. The Hall–Kier alpha value is -3.98. The van der Waals surface area contributed by atoms with Crippen LogP contribution in [0.15, 0.2) is 85.1 Å².